The fourth-order valence-corrected chi connectivity index (χ4v) is 3.03. The molecule has 1 unspecified atom stereocenters. The van der Waals surface area contributed by atoms with Crippen LogP contribution in [-0.2, 0) is 4.79 Å². The quantitative estimate of drug-likeness (QED) is 0.793. The first-order chi connectivity index (χ1) is 9.74. The number of carbonyl (C=O) groups excluding carboxylic acids is 1. The van der Waals surface area contributed by atoms with Gasteiger partial charge in [0.25, 0.3) is 0 Å². The van der Waals surface area contributed by atoms with Gasteiger partial charge in [-0.05, 0) is 37.3 Å². The Morgan fingerprint density at radius 3 is 2.57 bits per heavy atom. The maximum Gasteiger partial charge on any atom is 0.230 e. The topological polar surface area (TPSA) is 49.3 Å². The Morgan fingerprint density at radius 1 is 1.33 bits per heavy atom. The van der Waals surface area contributed by atoms with E-state index < -0.39 is 0 Å². The number of benzene rings is 1. The van der Waals surface area contributed by atoms with Crippen molar-refractivity contribution in [2.24, 2.45) is 5.41 Å². The van der Waals surface area contributed by atoms with Gasteiger partial charge in [-0.25, -0.2) is 0 Å². The second-order valence-electron chi connectivity index (χ2n) is 6.56. The second kappa shape index (κ2) is 7.85. The molecule has 0 aromatic heterocycles. The zero-order valence-electron chi connectivity index (χ0n) is 13.7. The number of aryl methyl sites for hydroxylation is 2. The lowest BCUT2D eigenvalue weighted by atomic mass is 9.85. The summed E-state index contributed by atoms with van der Waals surface area (Å²) < 4.78 is 0. The van der Waals surface area contributed by atoms with Crippen LogP contribution in [0.4, 0.5) is 0 Å². The Kier molecular flexibility index (Phi) is 6.75. The third-order valence-corrected chi connectivity index (χ3v) is 4.66. The van der Waals surface area contributed by atoms with Gasteiger partial charge in [-0.2, -0.15) is 0 Å². The smallest absolute Gasteiger partial charge is 0.230 e. The van der Waals surface area contributed by atoms with E-state index in [0.29, 0.717) is 12.2 Å². The molecule has 2 N–H and O–H groups in total. The van der Waals surface area contributed by atoms with Crippen LogP contribution in [0.25, 0.3) is 0 Å². The lowest BCUT2D eigenvalue weighted by molar-refractivity contribution is -0.120. The SMILES string of the molecule is Cc1ccc(C)c(SCC(=O)NC(CCO)C(C)(C)C)c1. The molecule has 118 valence electrons. The van der Waals surface area contributed by atoms with Crippen molar-refractivity contribution in [3.05, 3.63) is 29.3 Å². The summed E-state index contributed by atoms with van der Waals surface area (Å²) in [6.07, 6.45) is 0.587. The number of rotatable bonds is 6. The molecule has 0 aliphatic heterocycles. The van der Waals surface area contributed by atoms with Gasteiger partial charge < -0.3 is 10.4 Å². The summed E-state index contributed by atoms with van der Waals surface area (Å²) in [6.45, 7) is 10.4. The van der Waals surface area contributed by atoms with Crippen molar-refractivity contribution in [3.8, 4) is 0 Å². The van der Waals surface area contributed by atoms with E-state index in [1.54, 1.807) is 11.8 Å². The molecule has 0 bridgehead atoms. The van der Waals surface area contributed by atoms with Crippen LogP contribution in [0.5, 0.6) is 0 Å². The molecule has 3 nitrogen and oxygen atoms in total. The number of amides is 1. The Morgan fingerprint density at radius 2 is 2.00 bits per heavy atom. The van der Waals surface area contributed by atoms with Gasteiger partial charge in [0.1, 0.15) is 0 Å². The molecule has 21 heavy (non-hydrogen) atoms. The zero-order chi connectivity index (χ0) is 16.0. The van der Waals surface area contributed by atoms with Crippen LogP contribution in [0, 0.1) is 19.3 Å². The lowest BCUT2D eigenvalue weighted by Gasteiger charge is -2.31. The van der Waals surface area contributed by atoms with Crippen LogP contribution in [0.3, 0.4) is 0 Å². The highest BCUT2D eigenvalue weighted by atomic mass is 32.2. The van der Waals surface area contributed by atoms with E-state index in [4.69, 9.17) is 5.11 Å². The molecule has 0 spiro atoms. The summed E-state index contributed by atoms with van der Waals surface area (Å²) in [5.74, 6) is 0.428. The van der Waals surface area contributed by atoms with E-state index in [0.717, 1.165) is 4.90 Å². The van der Waals surface area contributed by atoms with Crippen molar-refractivity contribution in [1.29, 1.82) is 0 Å². The minimum atomic E-state index is -0.0533. The van der Waals surface area contributed by atoms with Gasteiger partial charge in [0, 0.05) is 17.5 Å². The second-order valence-corrected chi connectivity index (χ2v) is 7.57. The number of aliphatic hydroxyl groups is 1. The molecule has 0 saturated heterocycles. The average molecular weight is 309 g/mol. The predicted octanol–water partition coefficient (Wildman–Crippen LogP) is 3.31. The van der Waals surface area contributed by atoms with E-state index in [9.17, 15) is 4.79 Å². The van der Waals surface area contributed by atoms with Gasteiger partial charge >= 0.3 is 0 Å². The summed E-state index contributed by atoms with van der Waals surface area (Å²) >= 11 is 1.57. The van der Waals surface area contributed by atoms with Gasteiger partial charge in [0.2, 0.25) is 5.91 Å². The van der Waals surface area contributed by atoms with E-state index >= 15 is 0 Å². The van der Waals surface area contributed by atoms with E-state index in [-0.39, 0.29) is 24.0 Å². The first kappa shape index (κ1) is 18.1. The number of nitrogens with one attached hydrogen (secondary N) is 1. The summed E-state index contributed by atoms with van der Waals surface area (Å²) in [5.41, 5.74) is 2.35. The van der Waals surface area contributed by atoms with Gasteiger partial charge in [0.15, 0.2) is 0 Å². The van der Waals surface area contributed by atoms with E-state index in [1.165, 1.54) is 11.1 Å². The maximum atomic E-state index is 12.1. The molecule has 0 radical (unpaired) electrons. The highest BCUT2D eigenvalue weighted by molar-refractivity contribution is 8.00. The van der Waals surface area contributed by atoms with Crippen LogP contribution in [0.2, 0.25) is 0 Å². The molecular formula is C17H27NO2S. The van der Waals surface area contributed by atoms with Crippen molar-refractivity contribution in [3.63, 3.8) is 0 Å². The molecule has 1 atom stereocenters. The molecular weight excluding hydrogens is 282 g/mol. The number of aliphatic hydroxyl groups excluding tert-OH is 1. The minimum Gasteiger partial charge on any atom is -0.396 e. The number of thioether (sulfide) groups is 1. The van der Waals surface area contributed by atoms with Crippen molar-refractivity contribution in [2.45, 2.75) is 52.0 Å². The Bertz CT molecular complexity index is 480. The maximum absolute atomic E-state index is 12.1. The molecule has 0 aliphatic carbocycles. The van der Waals surface area contributed by atoms with Crippen molar-refractivity contribution >= 4 is 17.7 Å². The normalized spacial score (nSPS) is 13.0. The van der Waals surface area contributed by atoms with E-state index in [2.05, 4.69) is 58.1 Å². The number of hydrogen-bond donors (Lipinski definition) is 2. The van der Waals surface area contributed by atoms with Gasteiger partial charge in [-0.3, -0.25) is 4.79 Å². The number of carbonyl (C=O) groups is 1. The van der Waals surface area contributed by atoms with Crippen LogP contribution < -0.4 is 5.32 Å². The third kappa shape index (κ3) is 6.10. The highest BCUT2D eigenvalue weighted by Gasteiger charge is 2.25. The standard InChI is InChI=1S/C17H27NO2S/c1-12-6-7-13(2)14(10-12)21-11-16(20)18-15(8-9-19)17(3,4)5/h6-7,10,15,19H,8-9,11H2,1-5H3,(H,18,20). The zero-order valence-corrected chi connectivity index (χ0v) is 14.5. The molecule has 0 fully saturated rings. The first-order valence-electron chi connectivity index (χ1n) is 7.34. The fraction of sp³-hybridized carbons (Fsp3) is 0.588. The molecule has 0 aliphatic rings. The molecule has 1 aromatic carbocycles. The highest BCUT2D eigenvalue weighted by Crippen LogP contribution is 2.25. The van der Waals surface area contributed by atoms with Crippen molar-refractivity contribution < 1.29 is 9.90 Å². The van der Waals surface area contributed by atoms with Gasteiger partial charge in [0.05, 0.1) is 5.75 Å². The third-order valence-electron chi connectivity index (χ3n) is 3.50. The van der Waals surface area contributed by atoms with Crippen LogP contribution in [-0.4, -0.2) is 29.4 Å². The number of hydrogen-bond acceptors (Lipinski definition) is 3. The van der Waals surface area contributed by atoms with Crippen LogP contribution in [0.15, 0.2) is 23.1 Å². The summed E-state index contributed by atoms with van der Waals surface area (Å²) in [4.78, 5) is 13.3. The molecule has 1 amide bonds. The van der Waals surface area contributed by atoms with Crippen molar-refractivity contribution in [2.75, 3.05) is 12.4 Å². The molecule has 4 heteroatoms. The lowest BCUT2D eigenvalue weighted by Crippen LogP contribution is -2.45. The largest absolute Gasteiger partial charge is 0.396 e. The van der Waals surface area contributed by atoms with Crippen LogP contribution in [0.1, 0.15) is 38.3 Å². The fourth-order valence-electron chi connectivity index (χ4n) is 2.09. The monoisotopic (exact) mass is 309 g/mol. The molecule has 1 aromatic rings. The summed E-state index contributed by atoms with van der Waals surface area (Å²) in [5, 5.41) is 12.2. The Labute approximate surface area is 132 Å². The van der Waals surface area contributed by atoms with Crippen molar-refractivity contribution in [1.82, 2.24) is 5.32 Å². The summed E-state index contributed by atoms with van der Waals surface area (Å²) in [7, 11) is 0. The molecule has 0 heterocycles. The van der Waals surface area contributed by atoms with Crippen LogP contribution >= 0.6 is 11.8 Å². The minimum absolute atomic E-state index is 0.00536. The first-order valence-corrected chi connectivity index (χ1v) is 8.33. The van der Waals surface area contributed by atoms with Gasteiger partial charge in [-0.1, -0.05) is 38.5 Å². The van der Waals surface area contributed by atoms with Gasteiger partial charge in [-0.15, -0.1) is 11.8 Å². The average Bonchev–Trinajstić information content (AvgIpc) is 2.38. The molecule has 0 saturated carbocycles. The van der Waals surface area contributed by atoms with E-state index in [1.807, 2.05) is 0 Å². The molecule has 1 rings (SSSR count). The Balaban J connectivity index is 2.59. The Hall–Kier alpha value is -1.00. The summed E-state index contributed by atoms with van der Waals surface area (Å²) in [6, 6.07) is 6.27. The predicted molar refractivity (Wildman–Crippen MR) is 89.7 cm³/mol.